The van der Waals surface area contributed by atoms with E-state index < -0.39 is 5.41 Å². The van der Waals surface area contributed by atoms with Crippen molar-refractivity contribution in [2.45, 2.75) is 27.3 Å². The summed E-state index contributed by atoms with van der Waals surface area (Å²) in [5.74, 6) is 0.655. The van der Waals surface area contributed by atoms with Crippen LogP contribution in [0, 0.1) is 5.41 Å². The Morgan fingerprint density at radius 1 is 1.50 bits per heavy atom. The first-order chi connectivity index (χ1) is 10.3. The molecule has 0 atom stereocenters. The van der Waals surface area contributed by atoms with E-state index in [2.05, 4.69) is 5.32 Å². The van der Waals surface area contributed by atoms with Crippen LogP contribution in [-0.4, -0.2) is 28.6 Å². The maximum absolute atomic E-state index is 12.1. The number of thioether (sulfide) groups is 1. The number of nitrogens with one attached hydrogen (secondary N) is 1. The Kier molecular flexibility index (Phi) is 5.36. The van der Waals surface area contributed by atoms with Crippen LogP contribution >= 0.6 is 23.4 Å². The number of nitrogens with zero attached hydrogens (tertiary/aromatic N) is 1. The molecule has 1 aliphatic heterocycles. The molecule has 1 N–H and O–H groups in total. The average Bonchev–Trinajstić information content (AvgIpc) is 2.69. The minimum absolute atomic E-state index is 0.0553. The van der Waals surface area contributed by atoms with E-state index in [4.69, 9.17) is 16.4 Å². The maximum Gasteiger partial charge on any atom is 0.283 e. The minimum atomic E-state index is -0.502. The lowest BCUT2D eigenvalue weighted by Crippen LogP contribution is -2.30. The molecule has 1 heterocycles. The van der Waals surface area contributed by atoms with Gasteiger partial charge in [0, 0.05) is 10.7 Å². The van der Waals surface area contributed by atoms with Gasteiger partial charge in [-0.2, -0.15) is 0 Å². The van der Waals surface area contributed by atoms with Crippen molar-refractivity contribution in [3.05, 3.63) is 28.8 Å². The van der Waals surface area contributed by atoms with Gasteiger partial charge in [-0.1, -0.05) is 36.4 Å². The van der Waals surface area contributed by atoms with E-state index >= 15 is 0 Å². The zero-order valence-electron chi connectivity index (χ0n) is 12.8. The fraction of sp³-hybridized carbons (Fsp3) is 0.467. The summed E-state index contributed by atoms with van der Waals surface area (Å²) in [6.45, 7) is 6.27. The van der Waals surface area contributed by atoms with Crippen molar-refractivity contribution in [3.63, 3.8) is 0 Å². The molecule has 1 aliphatic rings. The highest BCUT2D eigenvalue weighted by Gasteiger charge is 2.40. The molecule has 0 aromatic heterocycles. The largest absolute Gasteiger partial charge is 0.317 e. The van der Waals surface area contributed by atoms with Crippen LogP contribution < -0.4 is 5.32 Å². The van der Waals surface area contributed by atoms with Crippen LogP contribution in [0.5, 0.6) is 0 Å². The van der Waals surface area contributed by atoms with Gasteiger partial charge in [-0.3, -0.25) is 14.4 Å². The summed E-state index contributed by atoms with van der Waals surface area (Å²) in [4.78, 5) is 29.1. The van der Waals surface area contributed by atoms with Gasteiger partial charge in [0.25, 0.3) is 11.1 Å². The number of hydroxylamine groups is 2. The predicted octanol–water partition coefficient (Wildman–Crippen LogP) is 3.93. The highest BCUT2D eigenvalue weighted by Crippen LogP contribution is 2.30. The molecule has 0 saturated carbocycles. The molecule has 2 rings (SSSR count). The third kappa shape index (κ3) is 3.94. The van der Waals surface area contributed by atoms with Gasteiger partial charge in [-0.15, -0.1) is 0 Å². The summed E-state index contributed by atoms with van der Waals surface area (Å²) in [6.07, 6.45) is 0. The first kappa shape index (κ1) is 17.1. The zero-order valence-corrected chi connectivity index (χ0v) is 14.4. The third-order valence-corrected chi connectivity index (χ3v) is 4.28. The molecule has 1 saturated heterocycles. The number of amides is 2. The third-order valence-electron chi connectivity index (χ3n) is 3.28. The standard InChI is InChI=1S/C15H19ClN2O3S/c1-4-22-14(20)17-11-6-5-10(12(16)7-11)8-18-13(19)15(2,3)9-21-18/h5-7H,4,8-9H2,1-3H3,(H,17,20). The molecule has 1 aromatic carbocycles. The Morgan fingerprint density at radius 2 is 2.23 bits per heavy atom. The lowest BCUT2D eigenvalue weighted by molar-refractivity contribution is -0.165. The predicted molar refractivity (Wildman–Crippen MR) is 88.9 cm³/mol. The van der Waals surface area contributed by atoms with E-state index in [-0.39, 0.29) is 11.1 Å². The molecule has 0 bridgehead atoms. The Balaban J connectivity index is 2.04. The molecule has 5 nitrogen and oxygen atoms in total. The number of halogens is 1. The number of carbonyl (C=O) groups is 2. The number of hydrogen-bond donors (Lipinski definition) is 1. The van der Waals surface area contributed by atoms with Crippen LogP contribution in [0.25, 0.3) is 0 Å². The van der Waals surface area contributed by atoms with Gasteiger partial charge in [0.15, 0.2) is 0 Å². The molecule has 2 amide bonds. The molecule has 0 unspecified atom stereocenters. The normalized spacial score (nSPS) is 16.9. The topological polar surface area (TPSA) is 58.6 Å². The molecule has 120 valence electrons. The van der Waals surface area contributed by atoms with Crippen molar-refractivity contribution >= 4 is 40.2 Å². The van der Waals surface area contributed by atoms with Crippen molar-refractivity contribution < 1.29 is 14.4 Å². The molecular formula is C15H19ClN2O3S. The van der Waals surface area contributed by atoms with Gasteiger partial charge in [0.05, 0.1) is 18.6 Å². The van der Waals surface area contributed by atoms with Gasteiger partial charge < -0.3 is 5.32 Å². The lowest BCUT2D eigenvalue weighted by atomic mass is 9.95. The highest BCUT2D eigenvalue weighted by atomic mass is 35.5. The van der Waals surface area contributed by atoms with Crippen LogP contribution in [-0.2, 0) is 16.2 Å². The van der Waals surface area contributed by atoms with Crippen LogP contribution in [0.4, 0.5) is 10.5 Å². The Bertz CT molecular complexity index is 592. The monoisotopic (exact) mass is 342 g/mol. The second-order valence-electron chi connectivity index (χ2n) is 5.65. The number of carbonyl (C=O) groups excluding carboxylic acids is 2. The summed E-state index contributed by atoms with van der Waals surface area (Å²) in [6, 6.07) is 5.23. The quantitative estimate of drug-likeness (QED) is 0.900. The molecule has 22 heavy (non-hydrogen) atoms. The van der Waals surface area contributed by atoms with Gasteiger partial charge in [-0.25, -0.2) is 5.06 Å². The Hall–Kier alpha value is -1.24. The van der Waals surface area contributed by atoms with Crippen LogP contribution in [0.15, 0.2) is 18.2 Å². The van der Waals surface area contributed by atoms with Crippen LogP contribution in [0.2, 0.25) is 5.02 Å². The summed E-state index contributed by atoms with van der Waals surface area (Å²) in [7, 11) is 0. The Labute approximate surface area is 139 Å². The lowest BCUT2D eigenvalue weighted by Gasteiger charge is -2.17. The van der Waals surface area contributed by atoms with E-state index in [1.807, 2.05) is 20.8 Å². The summed E-state index contributed by atoms with van der Waals surface area (Å²) in [5.41, 5.74) is 0.903. The van der Waals surface area contributed by atoms with E-state index in [1.54, 1.807) is 18.2 Å². The molecule has 0 radical (unpaired) electrons. The molecule has 1 fully saturated rings. The number of benzene rings is 1. The summed E-state index contributed by atoms with van der Waals surface area (Å²) in [5, 5.41) is 4.46. The zero-order chi connectivity index (χ0) is 16.3. The molecule has 0 aliphatic carbocycles. The van der Waals surface area contributed by atoms with Crippen molar-refractivity contribution in [2.75, 3.05) is 17.7 Å². The van der Waals surface area contributed by atoms with E-state index in [1.165, 1.54) is 16.8 Å². The molecule has 0 spiro atoms. The van der Waals surface area contributed by atoms with Gasteiger partial charge in [0.1, 0.15) is 0 Å². The first-order valence-corrected chi connectivity index (χ1v) is 8.37. The first-order valence-electron chi connectivity index (χ1n) is 7.00. The maximum atomic E-state index is 12.1. The van der Waals surface area contributed by atoms with E-state index in [0.717, 1.165) is 5.56 Å². The molecular weight excluding hydrogens is 324 g/mol. The van der Waals surface area contributed by atoms with Crippen molar-refractivity contribution in [1.82, 2.24) is 5.06 Å². The summed E-state index contributed by atoms with van der Waals surface area (Å²) < 4.78 is 0. The van der Waals surface area contributed by atoms with Crippen molar-refractivity contribution in [2.24, 2.45) is 5.41 Å². The average molecular weight is 343 g/mol. The van der Waals surface area contributed by atoms with Crippen LogP contribution in [0.1, 0.15) is 26.3 Å². The van der Waals surface area contributed by atoms with Crippen molar-refractivity contribution in [1.29, 1.82) is 0 Å². The highest BCUT2D eigenvalue weighted by molar-refractivity contribution is 8.13. The van der Waals surface area contributed by atoms with Crippen molar-refractivity contribution in [3.8, 4) is 0 Å². The molecule has 1 aromatic rings. The van der Waals surface area contributed by atoms with Crippen LogP contribution in [0.3, 0.4) is 0 Å². The SMILES string of the molecule is CCSC(=O)Nc1ccc(CN2OCC(C)(C)C2=O)c(Cl)c1. The minimum Gasteiger partial charge on any atom is -0.317 e. The second-order valence-corrected chi connectivity index (χ2v) is 7.29. The fourth-order valence-corrected chi connectivity index (χ4v) is 2.70. The smallest absolute Gasteiger partial charge is 0.283 e. The number of anilines is 1. The van der Waals surface area contributed by atoms with Gasteiger partial charge in [0.2, 0.25) is 0 Å². The van der Waals surface area contributed by atoms with Gasteiger partial charge in [-0.05, 0) is 37.3 Å². The number of hydrogen-bond acceptors (Lipinski definition) is 4. The second kappa shape index (κ2) is 6.89. The van der Waals surface area contributed by atoms with E-state index in [9.17, 15) is 9.59 Å². The summed E-state index contributed by atoms with van der Waals surface area (Å²) >= 11 is 7.43. The van der Waals surface area contributed by atoms with Gasteiger partial charge >= 0.3 is 0 Å². The number of rotatable bonds is 4. The molecule has 7 heteroatoms. The fourth-order valence-electron chi connectivity index (χ4n) is 2.01. The van der Waals surface area contributed by atoms with E-state index in [0.29, 0.717) is 29.6 Å². The Morgan fingerprint density at radius 3 is 2.77 bits per heavy atom.